The number of hydrogen-bond donors (Lipinski definition) is 2. The van der Waals surface area contributed by atoms with Crippen molar-refractivity contribution in [3.05, 3.63) is 27.8 Å². The first-order valence-corrected chi connectivity index (χ1v) is 11.5. The first-order chi connectivity index (χ1) is 14.3. The van der Waals surface area contributed by atoms with Gasteiger partial charge in [-0.3, -0.25) is 9.79 Å². The number of carboxylic acid groups (broad SMARTS) is 1. The number of rotatable bonds is 6. The van der Waals surface area contributed by atoms with Crippen LogP contribution in [0.2, 0.25) is 0 Å². The van der Waals surface area contributed by atoms with Crippen LogP contribution in [-0.4, -0.2) is 75.0 Å². The second-order valence-corrected chi connectivity index (χ2v) is 10.1. The van der Waals surface area contributed by atoms with Crippen LogP contribution in [0.15, 0.2) is 32.2 Å². The predicted molar refractivity (Wildman–Crippen MR) is 116 cm³/mol. The van der Waals surface area contributed by atoms with Crippen molar-refractivity contribution in [1.82, 2.24) is 14.8 Å². The number of likely N-dealkylation sites (N-methyl/N-ethyl adjacent to an activating group) is 1. The van der Waals surface area contributed by atoms with Crippen LogP contribution in [0.25, 0.3) is 6.08 Å². The van der Waals surface area contributed by atoms with Crippen LogP contribution in [-0.2, 0) is 9.59 Å². The van der Waals surface area contributed by atoms with E-state index in [0.717, 1.165) is 34.6 Å². The van der Waals surface area contributed by atoms with E-state index in [9.17, 15) is 19.8 Å². The van der Waals surface area contributed by atoms with Crippen LogP contribution in [0.3, 0.4) is 0 Å². The highest BCUT2D eigenvalue weighted by Crippen LogP contribution is 2.52. The lowest BCUT2D eigenvalue weighted by Crippen LogP contribution is -2.63. The second-order valence-electron chi connectivity index (χ2n) is 7.75. The molecule has 3 aliphatic heterocycles. The van der Waals surface area contributed by atoms with Gasteiger partial charge in [-0.15, -0.1) is 11.3 Å². The molecule has 8 nitrogen and oxygen atoms in total. The van der Waals surface area contributed by atoms with Crippen molar-refractivity contribution in [3.8, 4) is 0 Å². The first-order valence-electron chi connectivity index (χ1n) is 9.85. The van der Waals surface area contributed by atoms with Gasteiger partial charge >= 0.3 is 5.97 Å². The standard InChI is InChI=1S/C20H24N4O4S2/c1-10-15-14(11(2)25)18(26)24(15)16(19(27)28)17(10)30-20-22-9-12(29-20)5-6-13-21-7-4-8-23(13)3/h5-6,9-11,14-15,25H,4,7-8H2,1-3H3,(H,27,28)/b6-5+/t10-,11-,14-,15?/m1/s1. The Morgan fingerprint density at radius 1 is 1.43 bits per heavy atom. The Bertz CT molecular complexity index is 968. The molecule has 2 N–H and O–H groups in total. The normalized spacial score (nSPS) is 27.4. The molecule has 1 amide bonds. The molecule has 0 bridgehead atoms. The van der Waals surface area contributed by atoms with Gasteiger partial charge in [0, 0.05) is 42.0 Å². The van der Waals surface area contributed by atoms with Gasteiger partial charge in [-0.1, -0.05) is 18.7 Å². The summed E-state index contributed by atoms with van der Waals surface area (Å²) in [4.78, 5) is 38.3. The van der Waals surface area contributed by atoms with Gasteiger partial charge in [-0.25, -0.2) is 9.78 Å². The predicted octanol–water partition coefficient (Wildman–Crippen LogP) is 2.14. The molecule has 10 heteroatoms. The van der Waals surface area contributed by atoms with E-state index < -0.39 is 18.0 Å². The molecule has 1 unspecified atom stereocenters. The maximum atomic E-state index is 12.4. The summed E-state index contributed by atoms with van der Waals surface area (Å²) < 4.78 is 0.720. The third-order valence-electron chi connectivity index (χ3n) is 5.72. The molecule has 4 atom stereocenters. The third-order valence-corrected chi connectivity index (χ3v) is 8.05. The molecule has 4 rings (SSSR count). The average Bonchev–Trinajstić information content (AvgIpc) is 3.23. The zero-order valence-corrected chi connectivity index (χ0v) is 18.6. The highest BCUT2D eigenvalue weighted by Gasteiger charge is 2.60. The molecule has 0 aliphatic carbocycles. The van der Waals surface area contributed by atoms with Crippen molar-refractivity contribution < 1.29 is 19.8 Å². The lowest BCUT2D eigenvalue weighted by atomic mass is 9.79. The summed E-state index contributed by atoms with van der Waals surface area (Å²) in [5.74, 6) is -1.24. The number of nitrogens with zero attached hydrogens (tertiary/aromatic N) is 4. The Hall–Kier alpha value is -2.17. The summed E-state index contributed by atoms with van der Waals surface area (Å²) in [5, 5.41) is 19.7. The Balaban J connectivity index is 1.54. The fourth-order valence-corrected chi connectivity index (χ4v) is 6.39. The zero-order chi connectivity index (χ0) is 21.6. The van der Waals surface area contributed by atoms with Crippen LogP contribution in [0.4, 0.5) is 0 Å². The minimum atomic E-state index is -1.13. The summed E-state index contributed by atoms with van der Waals surface area (Å²) in [6, 6.07) is -0.315. The fourth-order valence-electron chi connectivity index (χ4n) is 4.22. The monoisotopic (exact) mass is 448 g/mol. The summed E-state index contributed by atoms with van der Waals surface area (Å²) in [6.45, 7) is 5.30. The zero-order valence-electron chi connectivity index (χ0n) is 17.0. The van der Waals surface area contributed by atoms with Gasteiger partial charge in [-0.05, 0) is 25.5 Å². The van der Waals surface area contributed by atoms with Crippen LogP contribution >= 0.6 is 23.1 Å². The van der Waals surface area contributed by atoms with Gasteiger partial charge in [0.1, 0.15) is 11.5 Å². The van der Waals surface area contributed by atoms with Crippen molar-refractivity contribution in [3.63, 3.8) is 0 Å². The van der Waals surface area contributed by atoms with Gasteiger partial charge in [0.15, 0.2) is 4.34 Å². The van der Waals surface area contributed by atoms with E-state index >= 15 is 0 Å². The molecule has 4 heterocycles. The number of aliphatic imine (C=N–C) groups is 1. The van der Waals surface area contributed by atoms with Gasteiger partial charge in [0.05, 0.1) is 18.1 Å². The number of aromatic nitrogens is 1. The van der Waals surface area contributed by atoms with E-state index in [0.29, 0.717) is 4.91 Å². The Morgan fingerprint density at radius 2 is 2.20 bits per heavy atom. The van der Waals surface area contributed by atoms with Crippen LogP contribution in [0.1, 0.15) is 25.1 Å². The molecule has 0 radical (unpaired) electrons. The number of amides is 1. The number of β-lactam (4-membered cyclic amide) rings is 1. The van der Waals surface area contributed by atoms with E-state index in [4.69, 9.17) is 0 Å². The number of amidine groups is 1. The number of carbonyl (C=O) groups is 2. The number of aliphatic carboxylic acids is 1. The van der Waals surface area contributed by atoms with Crippen molar-refractivity contribution in [2.45, 2.75) is 36.8 Å². The van der Waals surface area contributed by atoms with E-state index in [1.165, 1.54) is 28.0 Å². The second kappa shape index (κ2) is 8.16. The number of thiazole rings is 1. The van der Waals surface area contributed by atoms with E-state index in [-0.39, 0.29) is 23.6 Å². The molecular formula is C20H24N4O4S2. The lowest BCUT2D eigenvalue weighted by Gasteiger charge is -2.46. The lowest BCUT2D eigenvalue weighted by molar-refractivity contribution is -0.163. The molecule has 1 aromatic heterocycles. The molecule has 160 valence electrons. The van der Waals surface area contributed by atoms with Crippen LogP contribution < -0.4 is 0 Å². The van der Waals surface area contributed by atoms with Crippen molar-refractivity contribution in [2.75, 3.05) is 20.1 Å². The minimum Gasteiger partial charge on any atom is -0.477 e. The molecule has 1 fully saturated rings. The van der Waals surface area contributed by atoms with Gasteiger partial charge in [-0.2, -0.15) is 0 Å². The Kier molecular flexibility index (Phi) is 5.73. The number of thioether (sulfide) groups is 1. The van der Waals surface area contributed by atoms with Gasteiger partial charge < -0.3 is 20.0 Å². The highest BCUT2D eigenvalue weighted by molar-refractivity contribution is 8.04. The molecule has 0 spiro atoms. The third kappa shape index (κ3) is 3.57. The van der Waals surface area contributed by atoms with Crippen molar-refractivity contribution in [2.24, 2.45) is 16.8 Å². The summed E-state index contributed by atoms with van der Waals surface area (Å²) in [6.07, 6.45) is 5.95. The minimum absolute atomic E-state index is 0.0184. The van der Waals surface area contributed by atoms with Crippen molar-refractivity contribution >= 4 is 46.9 Å². The number of fused-ring (bicyclic) bond motifs is 1. The fraction of sp³-hybridized carbons (Fsp3) is 0.500. The number of hydrogen-bond acceptors (Lipinski definition) is 8. The first kappa shape index (κ1) is 21.1. The molecule has 3 aliphatic rings. The van der Waals surface area contributed by atoms with E-state index in [1.807, 2.05) is 26.1 Å². The molecule has 30 heavy (non-hydrogen) atoms. The highest BCUT2D eigenvalue weighted by atomic mass is 32.2. The molecule has 0 aromatic carbocycles. The summed E-state index contributed by atoms with van der Waals surface area (Å²) in [7, 11) is 2.02. The van der Waals surface area contributed by atoms with Crippen LogP contribution in [0, 0.1) is 11.8 Å². The molecule has 1 saturated heterocycles. The number of carbonyl (C=O) groups excluding carboxylic acids is 1. The van der Waals surface area contributed by atoms with Crippen LogP contribution in [0.5, 0.6) is 0 Å². The topological polar surface area (TPSA) is 106 Å². The van der Waals surface area contributed by atoms with Gasteiger partial charge in [0.25, 0.3) is 0 Å². The quantitative estimate of drug-likeness (QED) is 0.642. The SMILES string of the molecule is C[C@H]1C(Sc2ncc(/C=C/C3=NCCCN3C)s2)=C(C(=O)O)N2C(=O)[C@H]([C@@H](C)O)C12. The maximum Gasteiger partial charge on any atom is 0.353 e. The summed E-state index contributed by atoms with van der Waals surface area (Å²) >= 11 is 2.77. The molecular weight excluding hydrogens is 424 g/mol. The van der Waals surface area contributed by atoms with E-state index in [2.05, 4.69) is 14.9 Å². The molecule has 1 aromatic rings. The molecule has 0 saturated carbocycles. The summed E-state index contributed by atoms with van der Waals surface area (Å²) in [5.41, 5.74) is 0.0184. The van der Waals surface area contributed by atoms with E-state index in [1.54, 1.807) is 13.1 Å². The number of aliphatic hydroxyl groups excluding tert-OH is 1. The Labute approximate surface area is 183 Å². The van der Waals surface area contributed by atoms with Gasteiger partial charge in [0.2, 0.25) is 5.91 Å². The average molecular weight is 449 g/mol. The number of carboxylic acids is 1. The number of aliphatic hydroxyl groups is 1. The maximum absolute atomic E-state index is 12.4. The smallest absolute Gasteiger partial charge is 0.353 e. The Morgan fingerprint density at radius 3 is 2.87 bits per heavy atom. The van der Waals surface area contributed by atoms with Crippen molar-refractivity contribution in [1.29, 1.82) is 0 Å². The largest absolute Gasteiger partial charge is 0.477 e.